The van der Waals surface area contributed by atoms with E-state index < -0.39 is 60.5 Å². The maximum atomic E-state index is 13.0. The molecule has 1 aliphatic heterocycles. The van der Waals surface area contributed by atoms with Crippen molar-refractivity contribution in [2.24, 2.45) is 0 Å². The van der Waals surface area contributed by atoms with Gasteiger partial charge in [0.15, 0.2) is 11.9 Å². The van der Waals surface area contributed by atoms with Gasteiger partial charge in [-0.3, -0.25) is 33.7 Å². The number of carbonyl (C=O) groups is 5. The van der Waals surface area contributed by atoms with Crippen LogP contribution in [0.1, 0.15) is 43.6 Å². The fraction of sp³-hybridized carbons (Fsp3) is 0.333. The molecule has 5 unspecified atom stereocenters. The maximum Gasteiger partial charge on any atom is 0.305 e. The Bertz CT molecular complexity index is 1550. The van der Waals surface area contributed by atoms with E-state index in [0.29, 0.717) is 5.56 Å². The van der Waals surface area contributed by atoms with Crippen LogP contribution in [0.25, 0.3) is 10.9 Å². The van der Waals surface area contributed by atoms with Gasteiger partial charge in [0.1, 0.15) is 11.5 Å². The van der Waals surface area contributed by atoms with Gasteiger partial charge in [-0.25, -0.2) is 0 Å². The van der Waals surface area contributed by atoms with Crippen LogP contribution in [-0.2, 0) is 49.3 Å². The number of rotatable bonds is 9. The van der Waals surface area contributed by atoms with Crippen molar-refractivity contribution < 1.29 is 57.5 Å². The molecule has 1 N–H and O–H groups in total. The van der Waals surface area contributed by atoms with Gasteiger partial charge in [0.25, 0.3) is 0 Å². The van der Waals surface area contributed by atoms with Gasteiger partial charge < -0.3 is 28.8 Å². The lowest BCUT2D eigenvalue weighted by atomic mass is 10.0. The summed E-state index contributed by atoms with van der Waals surface area (Å²) < 4.78 is 32.5. The van der Waals surface area contributed by atoms with Crippen molar-refractivity contribution in [3.8, 4) is 11.5 Å². The zero-order valence-electron chi connectivity index (χ0n) is 23.7. The highest BCUT2D eigenvalue weighted by atomic mass is 16.8. The second-order valence-electron chi connectivity index (χ2n) is 9.63. The highest BCUT2D eigenvalue weighted by Crippen LogP contribution is 2.33. The van der Waals surface area contributed by atoms with Crippen molar-refractivity contribution in [1.29, 1.82) is 0 Å². The van der Waals surface area contributed by atoms with Crippen LogP contribution in [0.15, 0.2) is 54.7 Å². The van der Waals surface area contributed by atoms with E-state index in [1.807, 2.05) is 18.2 Å². The van der Waals surface area contributed by atoms with E-state index in [9.17, 15) is 29.1 Å². The summed E-state index contributed by atoms with van der Waals surface area (Å²) in [6.45, 7) is 4.30. The summed E-state index contributed by atoms with van der Waals surface area (Å²) >= 11 is 0. The Morgan fingerprint density at radius 1 is 0.767 bits per heavy atom. The summed E-state index contributed by atoms with van der Waals surface area (Å²) in [7, 11) is 0. The van der Waals surface area contributed by atoms with Crippen LogP contribution in [-0.4, -0.2) is 70.6 Å². The summed E-state index contributed by atoms with van der Waals surface area (Å²) in [5, 5.41) is 11.6. The van der Waals surface area contributed by atoms with Crippen molar-refractivity contribution in [3.63, 3.8) is 0 Å². The molecule has 1 aliphatic rings. The largest absolute Gasteiger partial charge is 0.507 e. The lowest BCUT2D eigenvalue weighted by Crippen LogP contribution is -2.63. The molecule has 1 saturated heterocycles. The zero-order valence-corrected chi connectivity index (χ0v) is 23.7. The zero-order chi connectivity index (χ0) is 31.3. The second kappa shape index (κ2) is 13.3. The van der Waals surface area contributed by atoms with Gasteiger partial charge in [0, 0.05) is 51.8 Å². The van der Waals surface area contributed by atoms with Gasteiger partial charge in [0.2, 0.25) is 24.8 Å². The van der Waals surface area contributed by atoms with Crippen molar-refractivity contribution in [2.75, 3.05) is 0 Å². The van der Waals surface area contributed by atoms with E-state index in [2.05, 4.69) is 4.98 Å². The average molecular weight is 596 g/mol. The Balaban J connectivity index is 1.59. The molecule has 5 atom stereocenters. The molecule has 0 amide bonds. The molecule has 13 heteroatoms. The van der Waals surface area contributed by atoms with Gasteiger partial charge in [0.05, 0.1) is 11.1 Å². The van der Waals surface area contributed by atoms with Crippen LogP contribution in [0.2, 0.25) is 0 Å². The number of carbonyl (C=O) groups excluding carboxylic acids is 5. The first-order chi connectivity index (χ1) is 20.4. The van der Waals surface area contributed by atoms with Gasteiger partial charge in [-0.1, -0.05) is 18.2 Å². The molecule has 0 bridgehead atoms. The summed E-state index contributed by atoms with van der Waals surface area (Å²) in [5.74, 6) is -4.12. The number of phenolic OH excluding ortho intramolecular Hbond substituents is 1. The summed E-state index contributed by atoms with van der Waals surface area (Å²) in [6.07, 6.45) is -6.12. The number of Topliss-reactive ketones (excluding diaryl/α,β-unsaturated/α-hetero) is 1. The number of aromatic nitrogens is 1. The minimum absolute atomic E-state index is 0.00773. The average Bonchev–Trinajstić information content (AvgIpc) is 2.91. The van der Waals surface area contributed by atoms with E-state index in [0.717, 1.165) is 44.7 Å². The highest BCUT2D eigenvalue weighted by Gasteiger charge is 2.54. The van der Waals surface area contributed by atoms with Crippen molar-refractivity contribution in [3.05, 3.63) is 65.9 Å². The molecule has 1 fully saturated rings. The highest BCUT2D eigenvalue weighted by molar-refractivity contribution is 6.00. The number of nitrogens with zero attached hydrogens (tertiary/aromatic N) is 1. The number of phenols is 1. The number of hydrogen-bond donors (Lipinski definition) is 1. The first-order valence-corrected chi connectivity index (χ1v) is 13.1. The first-order valence-electron chi connectivity index (χ1n) is 13.1. The normalized spacial score (nSPS) is 21.3. The number of aromatic hydroxyl groups is 1. The molecular weight excluding hydrogens is 566 g/mol. The molecule has 2 heterocycles. The first kappa shape index (κ1) is 30.9. The molecule has 43 heavy (non-hydrogen) atoms. The minimum atomic E-state index is -1.63. The van der Waals surface area contributed by atoms with Gasteiger partial charge in [-0.05, 0) is 29.8 Å². The minimum Gasteiger partial charge on any atom is -0.507 e. The molecule has 3 aromatic rings. The quantitative estimate of drug-likeness (QED) is 0.217. The van der Waals surface area contributed by atoms with Crippen molar-refractivity contribution in [2.45, 2.75) is 65.0 Å². The van der Waals surface area contributed by atoms with E-state index in [4.69, 9.17) is 28.4 Å². The lowest BCUT2D eigenvalue weighted by molar-refractivity contribution is -0.328. The van der Waals surface area contributed by atoms with Crippen LogP contribution in [0.4, 0.5) is 0 Å². The molecule has 1 aromatic heterocycles. The van der Waals surface area contributed by atoms with Crippen molar-refractivity contribution >= 4 is 40.6 Å². The summed E-state index contributed by atoms with van der Waals surface area (Å²) in [5.41, 5.74) is 1.44. The fourth-order valence-corrected chi connectivity index (χ4v) is 4.55. The molecule has 0 spiro atoms. The Morgan fingerprint density at radius 3 is 2.02 bits per heavy atom. The second-order valence-corrected chi connectivity index (χ2v) is 9.63. The predicted molar refractivity (Wildman–Crippen MR) is 146 cm³/mol. The van der Waals surface area contributed by atoms with Crippen LogP contribution in [0.5, 0.6) is 11.5 Å². The summed E-state index contributed by atoms with van der Waals surface area (Å²) in [6, 6.07) is 13.0. The molecule has 0 aliphatic carbocycles. The fourth-order valence-electron chi connectivity index (χ4n) is 4.55. The molecule has 13 nitrogen and oxygen atoms in total. The van der Waals surface area contributed by atoms with Crippen LogP contribution >= 0.6 is 0 Å². The van der Waals surface area contributed by atoms with Gasteiger partial charge >= 0.3 is 23.9 Å². The number of pyridine rings is 1. The topological polar surface area (TPSA) is 174 Å². The van der Waals surface area contributed by atoms with Crippen LogP contribution < -0.4 is 4.74 Å². The smallest absolute Gasteiger partial charge is 0.305 e. The number of fused-ring (bicyclic) bond motifs is 1. The summed E-state index contributed by atoms with van der Waals surface area (Å²) in [4.78, 5) is 64.8. The molecular formula is C30H29NO12. The van der Waals surface area contributed by atoms with Crippen LogP contribution in [0, 0.1) is 0 Å². The number of ether oxygens (including phenoxy) is 6. The van der Waals surface area contributed by atoms with E-state index in [-0.39, 0.29) is 23.5 Å². The Labute approximate surface area is 245 Å². The molecule has 226 valence electrons. The van der Waals surface area contributed by atoms with E-state index in [1.54, 1.807) is 18.3 Å². The number of hydrogen-bond acceptors (Lipinski definition) is 13. The molecule has 4 rings (SSSR count). The van der Waals surface area contributed by atoms with E-state index >= 15 is 0 Å². The SMILES string of the molecule is CC(=O)OC1OC(Oc2ccc(C(=O)Cc3ccc4cccnc4c3)c(O)c2)C(OC(C)=O)C(OC(C)=O)C1OC(C)=O. The van der Waals surface area contributed by atoms with Gasteiger partial charge in [-0.2, -0.15) is 0 Å². The third-order valence-corrected chi connectivity index (χ3v) is 6.20. The Kier molecular flexibility index (Phi) is 9.56. The number of benzene rings is 2. The molecule has 0 radical (unpaired) electrons. The van der Waals surface area contributed by atoms with Gasteiger partial charge in [-0.15, -0.1) is 0 Å². The monoisotopic (exact) mass is 595 g/mol. The third kappa shape index (κ3) is 7.83. The lowest BCUT2D eigenvalue weighted by Gasteiger charge is -2.43. The Hall–Kier alpha value is -5.04. The predicted octanol–water partition coefficient (Wildman–Crippen LogP) is 2.79. The third-order valence-electron chi connectivity index (χ3n) is 6.20. The van der Waals surface area contributed by atoms with E-state index in [1.165, 1.54) is 12.1 Å². The van der Waals surface area contributed by atoms with Crippen LogP contribution in [0.3, 0.4) is 0 Å². The standard InChI is InChI=1S/C30H29NO12/c1-15(32)38-26-27(39-16(2)33)29(41-18(4)35)43-30(28(26)40-17(3)34)42-21-9-10-22(25(37)14-21)24(36)13-19-7-8-20-6-5-11-31-23(20)12-19/h5-12,14,26-30,37H,13H2,1-4H3. The van der Waals surface area contributed by atoms with Crippen molar-refractivity contribution in [1.82, 2.24) is 4.98 Å². The molecule has 0 saturated carbocycles. The molecule has 2 aromatic carbocycles. The number of esters is 4. The Morgan fingerprint density at radius 2 is 1.40 bits per heavy atom. The number of ketones is 1. The maximum absolute atomic E-state index is 13.0.